The van der Waals surface area contributed by atoms with Gasteiger partial charge < -0.3 is 10.3 Å². The van der Waals surface area contributed by atoms with Crippen LogP contribution in [-0.2, 0) is 10.0 Å². The van der Waals surface area contributed by atoms with Crippen LogP contribution in [0.1, 0.15) is 44.6 Å². The Morgan fingerprint density at radius 3 is 2.61 bits per heavy atom. The Kier molecular flexibility index (Phi) is 5.68. The van der Waals surface area contributed by atoms with E-state index in [1.165, 1.54) is 12.1 Å². The normalized spacial score (nSPS) is 21.1. The van der Waals surface area contributed by atoms with Crippen LogP contribution in [0.2, 0.25) is 0 Å². The molecule has 2 heterocycles. The summed E-state index contributed by atoms with van der Waals surface area (Å²) in [5.41, 5.74) is 1.03. The van der Waals surface area contributed by atoms with Crippen LogP contribution in [0.3, 0.4) is 0 Å². The number of sulfonamides is 1. The fourth-order valence-corrected chi connectivity index (χ4v) is 5.60. The highest BCUT2D eigenvalue weighted by Gasteiger charge is 2.30. The Hall–Kier alpha value is -3.16. The summed E-state index contributed by atoms with van der Waals surface area (Å²) in [4.78, 5) is 15.5. The Morgan fingerprint density at radius 1 is 1.12 bits per heavy atom. The fourth-order valence-electron chi connectivity index (χ4n) is 4.48. The van der Waals surface area contributed by atoms with Crippen molar-refractivity contribution in [2.45, 2.75) is 49.5 Å². The maximum atomic E-state index is 12.7. The van der Waals surface area contributed by atoms with Crippen molar-refractivity contribution in [1.29, 1.82) is 5.26 Å². The smallest absolute Gasteiger partial charge is 0.261 e. The van der Waals surface area contributed by atoms with Crippen molar-refractivity contribution < 1.29 is 8.42 Å². The zero-order valence-electron chi connectivity index (χ0n) is 18.1. The summed E-state index contributed by atoms with van der Waals surface area (Å²) in [6.07, 6.45) is 7.42. The van der Waals surface area contributed by atoms with Crippen molar-refractivity contribution in [1.82, 2.24) is 19.5 Å². The number of anilines is 2. The zero-order chi connectivity index (χ0) is 23.0. The average Bonchev–Trinajstić information content (AvgIpc) is 3.59. The molecule has 172 valence electrons. The highest BCUT2D eigenvalue weighted by atomic mass is 32.2. The van der Waals surface area contributed by atoms with E-state index in [1.54, 1.807) is 29.1 Å². The number of aromatic nitrogens is 3. The van der Waals surface area contributed by atoms with Gasteiger partial charge in [0.15, 0.2) is 5.82 Å². The number of benzene rings is 1. The molecule has 2 unspecified atom stereocenters. The van der Waals surface area contributed by atoms with E-state index in [9.17, 15) is 18.5 Å². The van der Waals surface area contributed by atoms with Gasteiger partial charge in [0.25, 0.3) is 5.56 Å². The van der Waals surface area contributed by atoms with E-state index < -0.39 is 10.0 Å². The SMILES string of the molecule is N#CC1CCCCC1n1nc(Nc2ccc(S(=O)(=O)NCC3CC3)cc2)c2c(=O)[nH]ccc21. The van der Waals surface area contributed by atoms with Gasteiger partial charge in [0.2, 0.25) is 10.0 Å². The molecule has 2 aromatic heterocycles. The predicted octanol–water partition coefficient (Wildman–Crippen LogP) is 3.41. The van der Waals surface area contributed by atoms with Gasteiger partial charge in [-0.1, -0.05) is 12.8 Å². The number of pyridine rings is 1. The summed E-state index contributed by atoms with van der Waals surface area (Å²) < 4.78 is 29.4. The lowest BCUT2D eigenvalue weighted by molar-refractivity contribution is 0.277. The van der Waals surface area contributed by atoms with Gasteiger partial charge in [-0.05, 0) is 61.9 Å². The van der Waals surface area contributed by atoms with Crippen LogP contribution in [0.25, 0.3) is 10.9 Å². The Morgan fingerprint density at radius 2 is 1.88 bits per heavy atom. The molecule has 10 heteroatoms. The first-order chi connectivity index (χ1) is 16.0. The van der Waals surface area contributed by atoms with Crippen LogP contribution in [0.5, 0.6) is 0 Å². The molecule has 1 aromatic carbocycles. The van der Waals surface area contributed by atoms with Crippen LogP contribution in [0.15, 0.2) is 46.2 Å². The average molecular weight is 467 g/mol. The third-order valence-corrected chi connectivity index (χ3v) is 7.97. The van der Waals surface area contributed by atoms with Crippen LogP contribution in [0.4, 0.5) is 11.5 Å². The minimum Gasteiger partial charge on any atom is -0.338 e. The number of aromatic amines is 1. The van der Waals surface area contributed by atoms with E-state index in [-0.39, 0.29) is 22.4 Å². The number of fused-ring (bicyclic) bond motifs is 1. The highest BCUT2D eigenvalue weighted by molar-refractivity contribution is 7.89. The molecule has 0 aliphatic heterocycles. The Labute approximate surface area is 191 Å². The molecule has 0 radical (unpaired) electrons. The number of nitriles is 1. The molecule has 33 heavy (non-hydrogen) atoms. The molecule has 0 spiro atoms. The predicted molar refractivity (Wildman–Crippen MR) is 125 cm³/mol. The van der Waals surface area contributed by atoms with Crippen molar-refractivity contribution in [2.24, 2.45) is 11.8 Å². The van der Waals surface area contributed by atoms with Crippen molar-refractivity contribution >= 4 is 32.4 Å². The molecule has 5 rings (SSSR count). The first-order valence-corrected chi connectivity index (χ1v) is 12.8. The molecule has 2 saturated carbocycles. The molecular weight excluding hydrogens is 440 g/mol. The van der Waals surface area contributed by atoms with Crippen molar-refractivity contribution in [3.05, 3.63) is 46.9 Å². The Bertz CT molecular complexity index is 1370. The van der Waals surface area contributed by atoms with Crippen molar-refractivity contribution in [3.8, 4) is 6.07 Å². The van der Waals surface area contributed by atoms with Gasteiger partial charge in [0, 0.05) is 18.4 Å². The molecule has 2 fully saturated rings. The maximum absolute atomic E-state index is 12.7. The van der Waals surface area contributed by atoms with Gasteiger partial charge in [-0.25, -0.2) is 13.1 Å². The molecule has 0 bridgehead atoms. The summed E-state index contributed by atoms with van der Waals surface area (Å²) in [5, 5.41) is 17.9. The number of hydrogen-bond acceptors (Lipinski definition) is 6. The monoisotopic (exact) mass is 466 g/mol. The second-order valence-corrected chi connectivity index (χ2v) is 10.7. The lowest BCUT2D eigenvalue weighted by Crippen LogP contribution is -2.25. The summed E-state index contributed by atoms with van der Waals surface area (Å²) in [7, 11) is -3.55. The van der Waals surface area contributed by atoms with E-state index in [1.807, 2.05) is 0 Å². The van der Waals surface area contributed by atoms with E-state index >= 15 is 0 Å². The van der Waals surface area contributed by atoms with E-state index in [4.69, 9.17) is 5.10 Å². The number of H-pyrrole nitrogens is 1. The molecule has 0 saturated heterocycles. The summed E-state index contributed by atoms with van der Waals surface area (Å²) in [6.45, 7) is 0.472. The Balaban J connectivity index is 1.44. The second kappa shape index (κ2) is 8.65. The van der Waals surface area contributed by atoms with Gasteiger partial charge in [0.05, 0.1) is 28.4 Å². The largest absolute Gasteiger partial charge is 0.338 e. The first-order valence-electron chi connectivity index (χ1n) is 11.3. The molecular formula is C23H26N6O3S. The van der Waals surface area contributed by atoms with Crippen LogP contribution in [0, 0.1) is 23.2 Å². The third kappa shape index (κ3) is 4.38. The summed E-state index contributed by atoms with van der Waals surface area (Å²) in [6, 6.07) is 10.5. The van der Waals surface area contributed by atoms with Crippen molar-refractivity contribution in [3.63, 3.8) is 0 Å². The van der Waals surface area contributed by atoms with E-state index in [0.717, 1.165) is 38.5 Å². The third-order valence-electron chi connectivity index (χ3n) is 6.53. The molecule has 9 nitrogen and oxygen atoms in total. The van der Waals surface area contributed by atoms with Crippen molar-refractivity contribution in [2.75, 3.05) is 11.9 Å². The molecule has 2 aliphatic rings. The van der Waals surface area contributed by atoms with Gasteiger partial charge >= 0.3 is 0 Å². The highest BCUT2D eigenvalue weighted by Crippen LogP contribution is 2.36. The second-order valence-electron chi connectivity index (χ2n) is 8.89. The van der Waals surface area contributed by atoms with Crippen LogP contribution in [-0.4, -0.2) is 29.7 Å². The maximum Gasteiger partial charge on any atom is 0.261 e. The van der Waals surface area contributed by atoms with Crippen LogP contribution < -0.4 is 15.6 Å². The lowest BCUT2D eigenvalue weighted by Gasteiger charge is -2.27. The minimum absolute atomic E-state index is 0.0892. The molecule has 3 aromatic rings. The molecule has 3 N–H and O–H groups in total. The fraction of sp³-hybridized carbons (Fsp3) is 0.435. The number of nitrogens with one attached hydrogen (secondary N) is 3. The standard InChI is InChI=1S/C23H26N6O3S/c24-13-16-3-1-2-4-19(16)29-20-11-12-25-23(30)21(20)22(28-29)27-17-7-9-18(10-8-17)33(31,32)26-14-15-5-6-15/h7-12,15-16,19,26H,1-6,14H2,(H,25,30)(H,27,28). The van der Waals surface area contributed by atoms with Gasteiger partial charge in [-0.15, -0.1) is 0 Å². The topological polar surface area (TPSA) is 133 Å². The van der Waals surface area contributed by atoms with Gasteiger partial charge in [-0.2, -0.15) is 10.4 Å². The summed E-state index contributed by atoms with van der Waals surface area (Å²) >= 11 is 0. The van der Waals surface area contributed by atoms with E-state index in [2.05, 4.69) is 21.1 Å². The summed E-state index contributed by atoms with van der Waals surface area (Å²) in [5.74, 6) is 0.685. The number of hydrogen-bond donors (Lipinski definition) is 3. The number of rotatable bonds is 7. The quantitative estimate of drug-likeness (QED) is 0.489. The van der Waals surface area contributed by atoms with Gasteiger partial charge in [0.1, 0.15) is 5.39 Å². The lowest BCUT2D eigenvalue weighted by atomic mass is 9.85. The molecule has 2 aliphatic carbocycles. The van der Waals surface area contributed by atoms with Gasteiger partial charge in [-0.3, -0.25) is 9.48 Å². The zero-order valence-corrected chi connectivity index (χ0v) is 18.9. The molecule has 2 atom stereocenters. The van der Waals surface area contributed by atoms with Crippen LogP contribution >= 0.6 is 0 Å². The number of nitrogens with zero attached hydrogens (tertiary/aromatic N) is 3. The minimum atomic E-state index is -3.55. The molecule has 0 amide bonds. The van der Waals surface area contributed by atoms with E-state index in [0.29, 0.717) is 34.9 Å². The first kappa shape index (κ1) is 21.7.